The fourth-order valence-corrected chi connectivity index (χ4v) is 2.38. The Morgan fingerprint density at radius 1 is 1.50 bits per heavy atom. The van der Waals surface area contributed by atoms with Gasteiger partial charge >= 0.3 is 0 Å². The van der Waals surface area contributed by atoms with Gasteiger partial charge < -0.3 is 10.1 Å². The Morgan fingerprint density at radius 2 is 2.31 bits per heavy atom. The molecule has 1 fully saturated rings. The van der Waals surface area contributed by atoms with Gasteiger partial charge in [0.25, 0.3) is 0 Å². The molecule has 2 nitrogen and oxygen atoms in total. The minimum absolute atomic E-state index is 0.518. The standard InChI is InChI=1S/C13H18BrNO/c1-16-9-13(11-5-6-11)15-8-10-3-2-4-12(14)7-10/h2-4,7,11,13,15H,5-6,8-9H2,1H3. The van der Waals surface area contributed by atoms with E-state index in [1.165, 1.54) is 18.4 Å². The van der Waals surface area contributed by atoms with Crippen molar-refractivity contribution in [3.05, 3.63) is 34.3 Å². The maximum absolute atomic E-state index is 5.25. The Balaban J connectivity index is 1.85. The summed E-state index contributed by atoms with van der Waals surface area (Å²) in [6.45, 7) is 1.74. The van der Waals surface area contributed by atoms with Crippen molar-refractivity contribution in [3.8, 4) is 0 Å². The maximum atomic E-state index is 5.25. The third-order valence-electron chi connectivity index (χ3n) is 2.99. The number of hydrogen-bond acceptors (Lipinski definition) is 2. The lowest BCUT2D eigenvalue weighted by molar-refractivity contribution is 0.157. The predicted octanol–water partition coefficient (Wildman–Crippen LogP) is 2.96. The van der Waals surface area contributed by atoms with Crippen LogP contribution in [-0.4, -0.2) is 19.8 Å². The van der Waals surface area contributed by atoms with Crippen LogP contribution in [-0.2, 0) is 11.3 Å². The number of methoxy groups -OCH3 is 1. The monoisotopic (exact) mass is 283 g/mol. The number of nitrogens with one attached hydrogen (secondary N) is 1. The summed E-state index contributed by atoms with van der Waals surface area (Å²) in [4.78, 5) is 0. The molecule has 0 saturated heterocycles. The summed E-state index contributed by atoms with van der Waals surface area (Å²) in [7, 11) is 1.77. The largest absolute Gasteiger partial charge is 0.383 e. The zero-order chi connectivity index (χ0) is 11.4. The average Bonchev–Trinajstić information content (AvgIpc) is 3.08. The van der Waals surface area contributed by atoms with Crippen LogP contribution in [0.15, 0.2) is 28.7 Å². The SMILES string of the molecule is COCC(NCc1cccc(Br)c1)C1CC1. The summed E-state index contributed by atoms with van der Waals surface area (Å²) in [6.07, 6.45) is 2.69. The van der Waals surface area contributed by atoms with Crippen LogP contribution < -0.4 is 5.32 Å². The first-order chi connectivity index (χ1) is 7.79. The Bertz CT molecular complexity index is 338. The molecule has 3 heteroatoms. The third-order valence-corrected chi connectivity index (χ3v) is 3.49. The number of ether oxygens (including phenoxy) is 1. The third kappa shape index (κ3) is 3.58. The lowest BCUT2D eigenvalue weighted by Gasteiger charge is -2.17. The van der Waals surface area contributed by atoms with Crippen LogP contribution in [0.25, 0.3) is 0 Å². The molecule has 1 aromatic rings. The van der Waals surface area contributed by atoms with Crippen LogP contribution in [0, 0.1) is 5.92 Å². The van der Waals surface area contributed by atoms with Crippen LogP contribution >= 0.6 is 15.9 Å². The highest BCUT2D eigenvalue weighted by molar-refractivity contribution is 9.10. The van der Waals surface area contributed by atoms with Gasteiger partial charge in [0.05, 0.1) is 6.61 Å². The van der Waals surface area contributed by atoms with Gasteiger partial charge in [0.1, 0.15) is 0 Å². The van der Waals surface area contributed by atoms with Crippen LogP contribution in [0.5, 0.6) is 0 Å². The normalized spacial score (nSPS) is 17.4. The van der Waals surface area contributed by atoms with Crippen molar-refractivity contribution in [3.63, 3.8) is 0 Å². The molecule has 0 spiro atoms. The van der Waals surface area contributed by atoms with Gasteiger partial charge in [-0.15, -0.1) is 0 Å². The number of halogens is 1. The van der Waals surface area contributed by atoms with E-state index < -0.39 is 0 Å². The zero-order valence-electron chi connectivity index (χ0n) is 9.58. The first-order valence-corrected chi connectivity index (χ1v) is 6.55. The number of benzene rings is 1. The second-order valence-electron chi connectivity index (χ2n) is 4.41. The smallest absolute Gasteiger partial charge is 0.0618 e. The van der Waals surface area contributed by atoms with Crippen molar-refractivity contribution in [1.82, 2.24) is 5.32 Å². The van der Waals surface area contributed by atoms with Gasteiger partial charge in [-0.1, -0.05) is 28.1 Å². The van der Waals surface area contributed by atoms with E-state index in [0.29, 0.717) is 6.04 Å². The molecule has 1 unspecified atom stereocenters. The topological polar surface area (TPSA) is 21.3 Å². The van der Waals surface area contributed by atoms with Gasteiger partial charge in [-0.3, -0.25) is 0 Å². The fourth-order valence-electron chi connectivity index (χ4n) is 1.94. The van der Waals surface area contributed by atoms with E-state index in [9.17, 15) is 0 Å². The summed E-state index contributed by atoms with van der Waals surface area (Å²) >= 11 is 3.49. The highest BCUT2D eigenvalue weighted by Crippen LogP contribution is 2.32. The van der Waals surface area contributed by atoms with Gasteiger partial charge in [-0.25, -0.2) is 0 Å². The molecule has 0 aromatic heterocycles. The second kappa shape index (κ2) is 5.80. The van der Waals surface area contributed by atoms with Crippen molar-refractivity contribution in [1.29, 1.82) is 0 Å². The van der Waals surface area contributed by atoms with E-state index in [1.54, 1.807) is 7.11 Å². The van der Waals surface area contributed by atoms with Crippen molar-refractivity contribution in [2.24, 2.45) is 5.92 Å². The fraction of sp³-hybridized carbons (Fsp3) is 0.538. The molecular formula is C13H18BrNO. The molecule has 0 heterocycles. The lowest BCUT2D eigenvalue weighted by atomic mass is 10.1. The maximum Gasteiger partial charge on any atom is 0.0618 e. The van der Waals surface area contributed by atoms with Crippen molar-refractivity contribution >= 4 is 15.9 Å². The summed E-state index contributed by atoms with van der Waals surface area (Å²) in [5.74, 6) is 0.826. The Labute approximate surface area is 106 Å². The molecule has 1 atom stereocenters. The molecule has 88 valence electrons. The van der Waals surface area contributed by atoms with E-state index in [2.05, 4.69) is 45.5 Å². The Hall–Kier alpha value is -0.380. The molecule has 1 saturated carbocycles. The molecule has 0 amide bonds. The summed E-state index contributed by atoms with van der Waals surface area (Å²) in [5, 5.41) is 3.58. The van der Waals surface area contributed by atoms with Gasteiger partial charge in [0, 0.05) is 24.2 Å². The molecule has 0 aliphatic heterocycles. The second-order valence-corrected chi connectivity index (χ2v) is 5.33. The summed E-state index contributed by atoms with van der Waals surface area (Å²) in [6, 6.07) is 8.95. The summed E-state index contributed by atoms with van der Waals surface area (Å²) in [5.41, 5.74) is 1.32. The molecular weight excluding hydrogens is 266 g/mol. The van der Waals surface area contributed by atoms with Crippen LogP contribution in [0.4, 0.5) is 0 Å². The van der Waals surface area contributed by atoms with E-state index in [1.807, 2.05) is 0 Å². The van der Waals surface area contributed by atoms with Gasteiger partial charge in [-0.2, -0.15) is 0 Å². The number of hydrogen-bond donors (Lipinski definition) is 1. The van der Waals surface area contributed by atoms with E-state index in [0.717, 1.165) is 23.5 Å². The molecule has 1 N–H and O–H groups in total. The van der Waals surface area contributed by atoms with Crippen molar-refractivity contribution in [2.45, 2.75) is 25.4 Å². The van der Waals surface area contributed by atoms with E-state index >= 15 is 0 Å². The predicted molar refractivity (Wildman–Crippen MR) is 69.4 cm³/mol. The average molecular weight is 284 g/mol. The van der Waals surface area contributed by atoms with Gasteiger partial charge in [0.2, 0.25) is 0 Å². The van der Waals surface area contributed by atoms with Gasteiger partial charge in [-0.05, 0) is 36.5 Å². The van der Waals surface area contributed by atoms with Crippen LogP contribution in [0.1, 0.15) is 18.4 Å². The van der Waals surface area contributed by atoms with Crippen LogP contribution in [0.3, 0.4) is 0 Å². The minimum atomic E-state index is 0.518. The quantitative estimate of drug-likeness (QED) is 0.867. The highest BCUT2D eigenvalue weighted by atomic mass is 79.9. The van der Waals surface area contributed by atoms with E-state index in [4.69, 9.17) is 4.74 Å². The first kappa shape index (κ1) is 12.1. The molecule has 0 radical (unpaired) electrons. The summed E-state index contributed by atoms with van der Waals surface area (Å²) < 4.78 is 6.39. The Morgan fingerprint density at radius 3 is 2.94 bits per heavy atom. The highest BCUT2D eigenvalue weighted by Gasteiger charge is 2.30. The zero-order valence-corrected chi connectivity index (χ0v) is 11.2. The Kier molecular flexibility index (Phi) is 4.38. The first-order valence-electron chi connectivity index (χ1n) is 5.76. The molecule has 2 rings (SSSR count). The lowest BCUT2D eigenvalue weighted by Crippen LogP contribution is -2.34. The van der Waals surface area contributed by atoms with Crippen molar-refractivity contribution in [2.75, 3.05) is 13.7 Å². The molecule has 1 aliphatic rings. The molecule has 16 heavy (non-hydrogen) atoms. The molecule has 1 aromatic carbocycles. The molecule has 0 bridgehead atoms. The minimum Gasteiger partial charge on any atom is -0.383 e. The number of rotatable bonds is 6. The molecule has 1 aliphatic carbocycles. The van der Waals surface area contributed by atoms with E-state index in [-0.39, 0.29) is 0 Å². The van der Waals surface area contributed by atoms with Crippen molar-refractivity contribution < 1.29 is 4.74 Å². The van der Waals surface area contributed by atoms with Gasteiger partial charge in [0.15, 0.2) is 0 Å². The van der Waals surface area contributed by atoms with Crippen LogP contribution in [0.2, 0.25) is 0 Å².